The maximum absolute atomic E-state index is 5.93. The van der Waals surface area contributed by atoms with E-state index in [1.807, 2.05) is 0 Å². The van der Waals surface area contributed by atoms with Crippen LogP contribution in [0.5, 0.6) is 0 Å². The smallest absolute Gasteiger partial charge is 0.0986 e. The second kappa shape index (κ2) is 10.6. The van der Waals surface area contributed by atoms with Gasteiger partial charge in [-0.2, -0.15) is 0 Å². The van der Waals surface area contributed by atoms with Crippen molar-refractivity contribution < 1.29 is 9.47 Å². The van der Waals surface area contributed by atoms with Crippen molar-refractivity contribution in [3.63, 3.8) is 0 Å². The van der Waals surface area contributed by atoms with Crippen molar-refractivity contribution in [3.8, 4) is 0 Å². The van der Waals surface area contributed by atoms with Crippen LogP contribution in [0.1, 0.15) is 65.2 Å². The zero-order valence-corrected chi connectivity index (χ0v) is 13.1. The van der Waals surface area contributed by atoms with Crippen LogP contribution in [0.15, 0.2) is 0 Å². The van der Waals surface area contributed by atoms with Gasteiger partial charge in [-0.1, -0.05) is 46.0 Å². The summed E-state index contributed by atoms with van der Waals surface area (Å²) in [5, 5.41) is 3.52. The Labute approximate surface area is 119 Å². The molecular weight excluding hydrogens is 238 g/mol. The molecule has 3 nitrogen and oxygen atoms in total. The van der Waals surface area contributed by atoms with Crippen LogP contribution in [0.25, 0.3) is 0 Å². The van der Waals surface area contributed by atoms with Crippen LogP contribution >= 0.6 is 0 Å². The topological polar surface area (TPSA) is 30.5 Å². The SMILES string of the molecule is CCCCCCCCOC1CC(NCCC)C1OC. The molecule has 19 heavy (non-hydrogen) atoms. The van der Waals surface area contributed by atoms with Gasteiger partial charge in [0.1, 0.15) is 0 Å². The van der Waals surface area contributed by atoms with E-state index in [2.05, 4.69) is 19.2 Å². The first-order chi connectivity index (χ1) is 9.33. The maximum Gasteiger partial charge on any atom is 0.0986 e. The molecule has 1 aliphatic rings. The van der Waals surface area contributed by atoms with Crippen LogP contribution in [0, 0.1) is 0 Å². The zero-order chi connectivity index (χ0) is 13.9. The molecule has 3 heteroatoms. The van der Waals surface area contributed by atoms with E-state index in [1.165, 1.54) is 44.9 Å². The molecule has 114 valence electrons. The van der Waals surface area contributed by atoms with E-state index in [-0.39, 0.29) is 6.10 Å². The normalized spacial score (nSPS) is 26.4. The predicted octanol–water partition coefficient (Wildman–Crippen LogP) is 3.52. The summed E-state index contributed by atoms with van der Waals surface area (Å²) in [4.78, 5) is 0. The van der Waals surface area contributed by atoms with Crippen molar-refractivity contribution in [3.05, 3.63) is 0 Å². The lowest BCUT2D eigenvalue weighted by atomic mass is 9.85. The van der Waals surface area contributed by atoms with Crippen LogP contribution in [0.2, 0.25) is 0 Å². The van der Waals surface area contributed by atoms with Gasteiger partial charge in [0.05, 0.1) is 12.2 Å². The van der Waals surface area contributed by atoms with Crippen molar-refractivity contribution in [2.45, 2.75) is 83.5 Å². The fourth-order valence-corrected chi connectivity index (χ4v) is 2.71. The second-order valence-corrected chi connectivity index (χ2v) is 5.67. The molecule has 3 atom stereocenters. The third-order valence-corrected chi connectivity index (χ3v) is 4.01. The van der Waals surface area contributed by atoms with Gasteiger partial charge in [0.25, 0.3) is 0 Å². The van der Waals surface area contributed by atoms with Crippen LogP contribution in [-0.2, 0) is 9.47 Å². The monoisotopic (exact) mass is 271 g/mol. The van der Waals surface area contributed by atoms with Crippen molar-refractivity contribution >= 4 is 0 Å². The highest BCUT2D eigenvalue weighted by molar-refractivity contribution is 4.96. The molecule has 0 saturated heterocycles. The lowest BCUT2D eigenvalue weighted by Gasteiger charge is -2.43. The van der Waals surface area contributed by atoms with Gasteiger partial charge in [0.2, 0.25) is 0 Å². The minimum absolute atomic E-state index is 0.256. The second-order valence-electron chi connectivity index (χ2n) is 5.67. The molecule has 3 unspecified atom stereocenters. The van der Waals surface area contributed by atoms with Gasteiger partial charge in [-0.05, 0) is 25.8 Å². The lowest BCUT2D eigenvalue weighted by Crippen LogP contribution is -2.59. The average molecular weight is 271 g/mol. The summed E-state index contributed by atoms with van der Waals surface area (Å²) in [6.07, 6.45) is 10.8. The Morgan fingerprint density at radius 3 is 2.42 bits per heavy atom. The van der Waals surface area contributed by atoms with Gasteiger partial charge in [0.15, 0.2) is 0 Å². The largest absolute Gasteiger partial charge is 0.377 e. The van der Waals surface area contributed by atoms with Crippen LogP contribution in [-0.4, -0.2) is 38.5 Å². The zero-order valence-electron chi connectivity index (χ0n) is 13.1. The van der Waals surface area contributed by atoms with Crippen molar-refractivity contribution in [2.75, 3.05) is 20.3 Å². The number of hydrogen-bond acceptors (Lipinski definition) is 3. The van der Waals surface area contributed by atoms with Crippen molar-refractivity contribution in [2.24, 2.45) is 0 Å². The average Bonchev–Trinajstić information content (AvgIpc) is 2.40. The molecule has 0 aromatic rings. The number of hydrogen-bond donors (Lipinski definition) is 1. The first-order valence-corrected chi connectivity index (χ1v) is 8.21. The summed E-state index contributed by atoms with van der Waals surface area (Å²) in [5.74, 6) is 0. The number of rotatable bonds is 12. The third kappa shape index (κ3) is 6.24. The van der Waals surface area contributed by atoms with E-state index in [1.54, 1.807) is 7.11 Å². The highest BCUT2D eigenvalue weighted by atomic mass is 16.5. The van der Waals surface area contributed by atoms with Gasteiger partial charge >= 0.3 is 0 Å². The number of methoxy groups -OCH3 is 1. The van der Waals surface area contributed by atoms with Crippen molar-refractivity contribution in [1.82, 2.24) is 5.32 Å². The molecule has 0 heterocycles. The Kier molecular flexibility index (Phi) is 9.48. The molecule has 1 N–H and O–H groups in total. The van der Waals surface area contributed by atoms with Gasteiger partial charge in [0, 0.05) is 19.8 Å². The fraction of sp³-hybridized carbons (Fsp3) is 1.00. The fourth-order valence-electron chi connectivity index (χ4n) is 2.71. The molecule has 1 aliphatic carbocycles. The molecule has 0 radical (unpaired) electrons. The van der Waals surface area contributed by atoms with E-state index in [9.17, 15) is 0 Å². The Morgan fingerprint density at radius 1 is 1.00 bits per heavy atom. The maximum atomic E-state index is 5.93. The summed E-state index contributed by atoms with van der Waals surface area (Å²) in [6.45, 7) is 6.43. The first kappa shape index (κ1) is 16.9. The quantitative estimate of drug-likeness (QED) is 0.551. The van der Waals surface area contributed by atoms with Crippen LogP contribution in [0.3, 0.4) is 0 Å². The lowest BCUT2D eigenvalue weighted by molar-refractivity contribution is -0.134. The molecular formula is C16H33NO2. The molecule has 1 rings (SSSR count). The standard InChI is InChI=1S/C16H33NO2/c1-4-6-7-8-9-10-12-19-15-13-14(16(15)18-3)17-11-5-2/h14-17H,4-13H2,1-3H3. The van der Waals surface area contributed by atoms with Gasteiger partial charge in [-0.25, -0.2) is 0 Å². The summed E-state index contributed by atoms with van der Waals surface area (Å²) < 4.78 is 11.5. The first-order valence-electron chi connectivity index (χ1n) is 8.21. The third-order valence-electron chi connectivity index (χ3n) is 4.01. The minimum Gasteiger partial charge on any atom is -0.377 e. The molecule has 0 amide bonds. The Balaban J connectivity index is 1.98. The van der Waals surface area contributed by atoms with E-state index in [0.717, 1.165) is 19.6 Å². The van der Waals surface area contributed by atoms with E-state index in [0.29, 0.717) is 12.1 Å². The van der Waals surface area contributed by atoms with Crippen LogP contribution in [0.4, 0.5) is 0 Å². The Morgan fingerprint density at radius 2 is 1.74 bits per heavy atom. The van der Waals surface area contributed by atoms with Crippen molar-refractivity contribution in [1.29, 1.82) is 0 Å². The molecule has 0 aliphatic heterocycles. The van der Waals surface area contributed by atoms with Gasteiger partial charge < -0.3 is 14.8 Å². The number of nitrogens with one attached hydrogen (secondary N) is 1. The van der Waals surface area contributed by atoms with E-state index >= 15 is 0 Å². The molecule has 1 saturated carbocycles. The highest BCUT2D eigenvalue weighted by Gasteiger charge is 2.41. The Hall–Kier alpha value is -0.120. The number of ether oxygens (including phenoxy) is 2. The van der Waals surface area contributed by atoms with Crippen LogP contribution < -0.4 is 5.32 Å². The van der Waals surface area contributed by atoms with E-state index in [4.69, 9.17) is 9.47 Å². The molecule has 0 spiro atoms. The predicted molar refractivity (Wildman–Crippen MR) is 80.6 cm³/mol. The summed E-state index contributed by atoms with van der Waals surface area (Å²) >= 11 is 0. The molecule has 0 aromatic carbocycles. The van der Waals surface area contributed by atoms with Gasteiger partial charge in [-0.3, -0.25) is 0 Å². The highest BCUT2D eigenvalue weighted by Crippen LogP contribution is 2.27. The molecule has 0 aromatic heterocycles. The summed E-state index contributed by atoms with van der Waals surface area (Å²) in [6, 6.07) is 0.500. The molecule has 1 fully saturated rings. The summed E-state index contributed by atoms with van der Waals surface area (Å²) in [5.41, 5.74) is 0. The molecule has 0 bridgehead atoms. The van der Waals surface area contributed by atoms with E-state index < -0.39 is 0 Å². The summed E-state index contributed by atoms with van der Waals surface area (Å²) in [7, 11) is 1.80. The number of unbranched alkanes of at least 4 members (excludes halogenated alkanes) is 5. The minimum atomic E-state index is 0.256. The Bertz CT molecular complexity index is 211. The van der Waals surface area contributed by atoms with Gasteiger partial charge in [-0.15, -0.1) is 0 Å².